The van der Waals surface area contributed by atoms with Gasteiger partial charge in [-0.25, -0.2) is 4.98 Å². The van der Waals surface area contributed by atoms with Crippen LogP contribution in [0, 0.1) is 5.41 Å². The molecule has 0 bridgehead atoms. The first kappa shape index (κ1) is 11.3. The number of hydrogen-bond acceptors (Lipinski definition) is 3. The fourth-order valence-corrected chi connectivity index (χ4v) is 2.45. The second-order valence-electron chi connectivity index (χ2n) is 5.15. The average Bonchev–Trinajstić information content (AvgIpc) is 2.58. The van der Waals surface area contributed by atoms with E-state index in [0.29, 0.717) is 11.4 Å². The van der Waals surface area contributed by atoms with Crippen LogP contribution in [0.5, 0.6) is 0 Å². The largest absolute Gasteiger partial charge is 0.291 e. The van der Waals surface area contributed by atoms with Crippen LogP contribution in [0.25, 0.3) is 10.2 Å². The zero-order valence-electron chi connectivity index (χ0n) is 9.78. The van der Waals surface area contributed by atoms with Gasteiger partial charge in [-0.3, -0.25) is 4.79 Å². The Bertz CT molecular complexity index is 489. The Morgan fingerprint density at radius 2 is 2.00 bits per heavy atom. The lowest BCUT2D eigenvalue weighted by molar-refractivity contribution is 0.0940. The zero-order valence-corrected chi connectivity index (χ0v) is 10.6. The number of ketones is 1. The number of rotatable bonds is 2. The predicted molar refractivity (Wildman–Crippen MR) is 68.0 cm³/mol. The fourth-order valence-electron chi connectivity index (χ4n) is 1.55. The van der Waals surface area contributed by atoms with Gasteiger partial charge < -0.3 is 0 Å². The van der Waals surface area contributed by atoms with E-state index >= 15 is 0 Å². The molecule has 2 rings (SSSR count). The molecule has 0 aliphatic rings. The number of hydrogen-bond donors (Lipinski definition) is 0. The smallest absolute Gasteiger partial charge is 0.191 e. The van der Waals surface area contributed by atoms with Gasteiger partial charge in [0.1, 0.15) is 0 Å². The van der Waals surface area contributed by atoms with Crippen LogP contribution in [0.2, 0.25) is 0 Å². The molecule has 0 atom stereocenters. The van der Waals surface area contributed by atoms with E-state index in [2.05, 4.69) is 25.8 Å². The molecule has 84 valence electrons. The van der Waals surface area contributed by atoms with Crippen molar-refractivity contribution in [2.75, 3.05) is 0 Å². The Balaban J connectivity index is 2.30. The number of fused-ring (bicyclic) bond motifs is 1. The summed E-state index contributed by atoms with van der Waals surface area (Å²) in [5.74, 6) is 0.147. The van der Waals surface area contributed by atoms with Crippen LogP contribution in [-0.4, -0.2) is 10.8 Å². The molecular weight excluding hydrogens is 218 g/mol. The molecule has 2 aromatic rings. The quantitative estimate of drug-likeness (QED) is 0.736. The first-order chi connectivity index (χ1) is 7.46. The molecule has 0 aliphatic carbocycles. The lowest BCUT2D eigenvalue weighted by atomic mass is 9.90. The van der Waals surface area contributed by atoms with Crippen molar-refractivity contribution < 1.29 is 4.79 Å². The topological polar surface area (TPSA) is 30.0 Å². The van der Waals surface area contributed by atoms with Crippen molar-refractivity contribution in [3.05, 3.63) is 29.3 Å². The molecule has 1 heterocycles. The number of thiazole rings is 1. The minimum atomic E-state index is 0.0228. The molecule has 0 N–H and O–H groups in total. The molecule has 0 saturated carbocycles. The molecule has 0 spiro atoms. The van der Waals surface area contributed by atoms with Crippen LogP contribution < -0.4 is 0 Å². The number of nitrogens with zero attached hydrogens (tertiary/aromatic N) is 1. The molecule has 3 heteroatoms. The molecule has 1 aromatic heterocycles. The summed E-state index contributed by atoms with van der Waals surface area (Å²) in [6.07, 6.45) is 0.548. The van der Waals surface area contributed by atoms with Gasteiger partial charge in [0, 0.05) is 6.42 Å². The van der Waals surface area contributed by atoms with Gasteiger partial charge in [-0.15, -0.1) is 11.3 Å². The first-order valence-electron chi connectivity index (χ1n) is 5.34. The van der Waals surface area contributed by atoms with E-state index in [1.54, 1.807) is 0 Å². The van der Waals surface area contributed by atoms with Gasteiger partial charge in [-0.1, -0.05) is 32.9 Å². The summed E-state index contributed by atoms with van der Waals surface area (Å²) in [5, 5.41) is 0.635. The molecule has 0 saturated heterocycles. The van der Waals surface area contributed by atoms with Crippen LogP contribution in [0.3, 0.4) is 0 Å². The molecule has 0 aliphatic heterocycles. The van der Waals surface area contributed by atoms with E-state index < -0.39 is 0 Å². The minimum Gasteiger partial charge on any atom is -0.291 e. The number of carbonyl (C=O) groups excluding carboxylic acids is 1. The van der Waals surface area contributed by atoms with Crippen molar-refractivity contribution in [2.24, 2.45) is 5.41 Å². The summed E-state index contributed by atoms with van der Waals surface area (Å²) in [6, 6.07) is 7.86. The third-order valence-electron chi connectivity index (χ3n) is 2.22. The Morgan fingerprint density at radius 1 is 1.31 bits per heavy atom. The molecule has 1 aromatic carbocycles. The molecule has 0 amide bonds. The maximum absolute atomic E-state index is 12.0. The Hall–Kier alpha value is -1.22. The van der Waals surface area contributed by atoms with Gasteiger partial charge in [0.2, 0.25) is 0 Å². The number of aromatic nitrogens is 1. The summed E-state index contributed by atoms with van der Waals surface area (Å²) in [4.78, 5) is 16.3. The third-order valence-corrected chi connectivity index (χ3v) is 3.30. The van der Waals surface area contributed by atoms with Crippen LogP contribution in [0.4, 0.5) is 0 Å². The van der Waals surface area contributed by atoms with Crippen LogP contribution in [-0.2, 0) is 0 Å². The predicted octanol–water partition coefficient (Wildman–Crippen LogP) is 3.92. The second kappa shape index (κ2) is 3.98. The summed E-state index contributed by atoms with van der Waals surface area (Å²) in [5.41, 5.74) is 0.944. The Kier molecular flexibility index (Phi) is 2.80. The maximum atomic E-state index is 12.0. The Labute approximate surface area is 99.3 Å². The van der Waals surface area contributed by atoms with Crippen molar-refractivity contribution in [3.63, 3.8) is 0 Å². The second-order valence-corrected chi connectivity index (χ2v) is 6.18. The highest BCUT2D eigenvalue weighted by Crippen LogP contribution is 2.26. The molecular formula is C13H15NOS. The lowest BCUT2D eigenvalue weighted by Gasteiger charge is -2.15. The van der Waals surface area contributed by atoms with Crippen LogP contribution in [0.1, 0.15) is 37.0 Å². The fraction of sp³-hybridized carbons (Fsp3) is 0.385. The highest BCUT2D eigenvalue weighted by molar-refractivity contribution is 7.20. The summed E-state index contributed by atoms with van der Waals surface area (Å²) in [6.45, 7) is 6.20. The van der Waals surface area contributed by atoms with Crippen molar-refractivity contribution in [1.29, 1.82) is 0 Å². The maximum Gasteiger partial charge on any atom is 0.191 e. The highest BCUT2D eigenvalue weighted by Gasteiger charge is 2.19. The normalized spacial score (nSPS) is 11.9. The molecule has 0 radical (unpaired) electrons. The summed E-state index contributed by atoms with van der Waals surface area (Å²) >= 11 is 1.49. The number of carbonyl (C=O) groups is 1. The van der Waals surface area contributed by atoms with Gasteiger partial charge >= 0.3 is 0 Å². The average molecular weight is 233 g/mol. The van der Waals surface area contributed by atoms with Gasteiger partial charge in [0.25, 0.3) is 0 Å². The van der Waals surface area contributed by atoms with Crippen molar-refractivity contribution in [1.82, 2.24) is 4.98 Å². The molecule has 16 heavy (non-hydrogen) atoms. The number of para-hydroxylation sites is 1. The van der Waals surface area contributed by atoms with Gasteiger partial charge in [-0.05, 0) is 17.5 Å². The van der Waals surface area contributed by atoms with Crippen LogP contribution >= 0.6 is 11.3 Å². The molecule has 0 fully saturated rings. The van der Waals surface area contributed by atoms with E-state index in [9.17, 15) is 4.79 Å². The van der Waals surface area contributed by atoms with Gasteiger partial charge in [0.05, 0.1) is 10.2 Å². The van der Waals surface area contributed by atoms with Crippen LogP contribution in [0.15, 0.2) is 24.3 Å². The SMILES string of the molecule is CC(C)(C)CC(=O)c1nc2ccccc2s1. The number of Topliss-reactive ketones (excluding diaryl/α,β-unsaturated/α-hetero) is 1. The van der Waals surface area contributed by atoms with E-state index in [1.165, 1.54) is 11.3 Å². The van der Waals surface area contributed by atoms with Crippen molar-refractivity contribution in [3.8, 4) is 0 Å². The van der Waals surface area contributed by atoms with E-state index in [4.69, 9.17) is 0 Å². The third kappa shape index (κ3) is 2.47. The van der Waals surface area contributed by atoms with Crippen molar-refractivity contribution in [2.45, 2.75) is 27.2 Å². The first-order valence-corrected chi connectivity index (χ1v) is 6.16. The van der Waals surface area contributed by atoms with Gasteiger partial charge in [-0.2, -0.15) is 0 Å². The molecule has 2 nitrogen and oxygen atoms in total. The standard InChI is InChI=1S/C13H15NOS/c1-13(2,3)8-10(15)12-14-9-6-4-5-7-11(9)16-12/h4-7H,8H2,1-3H3. The lowest BCUT2D eigenvalue weighted by Crippen LogP contribution is -2.12. The Morgan fingerprint density at radius 3 is 2.62 bits per heavy atom. The zero-order chi connectivity index (χ0) is 11.8. The van der Waals surface area contributed by atoms with Crippen molar-refractivity contribution >= 4 is 27.3 Å². The van der Waals surface area contributed by atoms with Gasteiger partial charge in [0.15, 0.2) is 10.8 Å². The number of benzene rings is 1. The minimum absolute atomic E-state index is 0.0228. The summed E-state index contributed by atoms with van der Waals surface area (Å²) < 4.78 is 1.08. The monoisotopic (exact) mass is 233 g/mol. The van der Waals surface area contributed by atoms with E-state index in [1.807, 2.05) is 24.3 Å². The van der Waals surface area contributed by atoms with E-state index in [-0.39, 0.29) is 11.2 Å². The highest BCUT2D eigenvalue weighted by atomic mass is 32.1. The molecule has 0 unspecified atom stereocenters. The summed E-state index contributed by atoms with van der Waals surface area (Å²) in [7, 11) is 0. The van der Waals surface area contributed by atoms with E-state index in [0.717, 1.165) is 10.2 Å².